The molecule has 0 N–H and O–H groups in total. The maximum Gasteiger partial charge on any atom is 0.337 e. The summed E-state index contributed by atoms with van der Waals surface area (Å²) in [5, 5.41) is 2.18. The number of thiophene rings is 1. The largest absolute Gasteiger partial charge is 0.492 e. The molecule has 0 saturated carbocycles. The van der Waals surface area contributed by atoms with Crippen LogP contribution in [-0.4, -0.2) is 37.7 Å². The second kappa shape index (κ2) is 7.15. The molecule has 2 heterocycles. The van der Waals surface area contributed by atoms with E-state index in [2.05, 4.69) is 28.0 Å². The van der Waals surface area contributed by atoms with Gasteiger partial charge in [-0.05, 0) is 54.6 Å². The van der Waals surface area contributed by atoms with E-state index in [0.717, 1.165) is 25.3 Å². The number of nitrogens with zero attached hydrogens (tertiary/aromatic N) is 1. The number of carbonyl (C=O) groups is 1. The first-order valence-corrected chi connectivity index (χ1v) is 8.68. The minimum Gasteiger partial charge on any atom is -0.492 e. The summed E-state index contributed by atoms with van der Waals surface area (Å²) >= 11 is 1.86. The molecule has 1 atom stereocenters. The molecule has 122 valence electrons. The number of esters is 1. The number of ether oxygens (including phenoxy) is 2. The van der Waals surface area contributed by atoms with Crippen LogP contribution in [0.15, 0.2) is 35.7 Å². The Balaban J connectivity index is 1.51. The second-order valence-electron chi connectivity index (χ2n) is 5.63. The molecule has 1 aliphatic rings. The first-order chi connectivity index (χ1) is 11.2. The van der Waals surface area contributed by atoms with Crippen LogP contribution in [0.25, 0.3) is 0 Å². The standard InChI is InChI=1S/C18H21NO3S/c1-13-16-8-12-23-17(16)7-9-19(13)10-11-22-15-5-3-14(4-6-15)18(20)21-2/h3-6,8,12-13H,7,9-11H2,1-2H3. The quantitative estimate of drug-likeness (QED) is 0.786. The molecular formula is C18H21NO3S. The molecule has 1 aromatic heterocycles. The van der Waals surface area contributed by atoms with Crippen LogP contribution in [0.4, 0.5) is 0 Å². The van der Waals surface area contributed by atoms with E-state index in [-0.39, 0.29) is 5.97 Å². The van der Waals surface area contributed by atoms with Crippen LogP contribution in [0.1, 0.15) is 33.8 Å². The minimum atomic E-state index is -0.328. The number of carbonyl (C=O) groups excluding carboxylic acids is 1. The van der Waals surface area contributed by atoms with Gasteiger partial charge in [-0.15, -0.1) is 11.3 Å². The Kier molecular flexibility index (Phi) is 4.98. The SMILES string of the molecule is COC(=O)c1ccc(OCCN2CCc3sccc3C2C)cc1. The summed E-state index contributed by atoms with van der Waals surface area (Å²) in [7, 11) is 1.38. The summed E-state index contributed by atoms with van der Waals surface area (Å²) in [6, 6.07) is 9.76. The summed E-state index contributed by atoms with van der Waals surface area (Å²) in [6.07, 6.45) is 1.13. The zero-order chi connectivity index (χ0) is 16.2. The average molecular weight is 331 g/mol. The highest BCUT2D eigenvalue weighted by Gasteiger charge is 2.24. The van der Waals surface area contributed by atoms with Crippen molar-refractivity contribution in [1.29, 1.82) is 0 Å². The lowest BCUT2D eigenvalue weighted by Crippen LogP contribution is -2.36. The first-order valence-electron chi connectivity index (χ1n) is 7.80. The molecule has 3 rings (SSSR count). The molecular weight excluding hydrogens is 310 g/mol. The van der Waals surface area contributed by atoms with E-state index in [1.54, 1.807) is 12.1 Å². The van der Waals surface area contributed by atoms with E-state index in [1.165, 1.54) is 17.6 Å². The molecule has 23 heavy (non-hydrogen) atoms. The van der Waals surface area contributed by atoms with E-state index < -0.39 is 0 Å². The zero-order valence-electron chi connectivity index (χ0n) is 13.5. The van der Waals surface area contributed by atoms with Gasteiger partial charge in [0.1, 0.15) is 12.4 Å². The van der Waals surface area contributed by atoms with Crippen molar-refractivity contribution in [2.75, 3.05) is 26.8 Å². The predicted molar refractivity (Wildman–Crippen MR) is 91.3 cm³/mol. The van der Waals surface area contributed by atoms with Gasteiger partial charge in [-0.3, -0.25) is 4.90 Å². The molecule has 0 amide bonds. The van der Waals surface area contributed by atoms with Gasteiger partial charge in [-0.25, -0.2) is 4.79 Å². The number of hydrogen-bond acceptors (Lipinski definition) is 5. The maximum atomic E-state index is 11.4. The van der Waals surface area contributed by atoms with Gasteiger partial charge in [0.15, 0.2) is 0 Å². The fourth-order valence-corrected chi connectivity index (χ4v) is 3.92. The summed E-state index contributed by atoms with van der Waals surface area (Å²) in [4.78, 5) is 15.4. The highest BCUT2D eigenvalue weighted by atomic mass is 32.1. The van der Waals surface area contributed by atoms with Gasteiger partial charge >= 0.3 is 5.97 Å². The topological polar surface area (TPSA) is 38.8 Å². The van der Waals surface area contributed by atoms with Crippen molar-refractivity contribution in [2.24, 2.45) is 0 Å². The highest BCUT2D eigenvalue weighted by molar-refractivity contribution is 7.10. The Hall–Kier alpha value is -1.85. The number of rotatable bonds is 5. The monoisotopic (exact) mass is 331 g/mol. The van der Waals surface area contributed by atoms with Crippen LogP contribution in [0, 0.1) is 0 Å². The minimum absolute atomic E-state index is 0.328. The van der Waals surface area contributed by atoms with Gasteiger partial charge in [-0.1, -0.05) is 0 Å². The number of benzene rings is 1. The number of fused-ring (bicyclic) bond motifs is 1. The Morgan fingerprint density at radius 3 is 2.83 bits per heavy atom. The van der Waals surface area contributed by atoms with Crippen molar-refractivity contribution >= 4 is 17.3 Å². The summed E-state index contributed by atoms with van der Waals surface area (Å²) in [5.74, 6) is 0.448. The lowest BCUT2D eigenvalue weighted by atomic mass is 10.0. The van der Waals surface area contributed by atoms with Crippen molar-refractivity contribution < 1.29 is 14.3 Å². The van der Waals surface area contributed by atoms with Crippen molar-refractivity contribution in [2.45, 2.75) is 19.4 Å². The lowest BCUT2D eigenvalue weighted by Gasteiger charge is -2.33. The van der Waals surface area contributed by atoms with Gasteiger partial charge in [0.2, 0.25) is 0 Å². The van der Waals surface area contributed by atoms with Crippen LogP contribution in [0.5, 0.6) is 5.75 Å². The fourth-order valence-electron chi connectivity index (χ4n) is 2.95. The molecule has 0 spiro atoms. The molecule has 0 fully saturated rings. The van der Waals surface area contributed by atoms with Crippen LogP contribution >= 0.6 is 11.3 Å². The zero-order valence-corrected chi connectivity index (χ0v) is 14.3. The smallest absolute Gasteiger partial charge is 0.337 e. The number of methoxy groups -OCH3 is 1. The average Bonchev–Trinajstić information content (AvgIpc) is 3.06. The molecule has 1 aliphatic heterocycles. The van der Waals surface area contributed by atoms with Crippen molar-refractivity contribution in [3.05, 3.63) is 51.7 Å². The fraction of sp³-hybridized carbons (Fsp3) is 0.389. The molecule has 0 radical (unpaired) electrons. The Morgan fingerprint density at radius 1 is 1.30 bits per heavy atom. The highest BCUT2D eigenvalue weighted by Crippen LogP contribution is 2.32. The summed E-state index contributed by atoms with van der Waals surface area (Å²) < 4.78 is 10.5. The summed E-state index contributed by atoms with van der Waals surface area (Å²) in [6.45, 7) is 4.88. The lowest BCUT2D eigenvalue weighted by molar-refractivity contribution is 0.0600. The van der Waals surface area contributed by atoms with Crippen LogP contribution < -0.4 is 4.74 Å². The molecule has 0 bridgehead atoms. The predicted octanol–water partition coefficient (Wildman–Crippen LogP) is 3.53. The maximum absolute atomic E-state index is 11.4. The molecule has 0 saturated heterocycles. The van der Waals surface area contributed by atoms with Crippen LogP contribution in [0.2, 0.25) is 0 Å². The molecule has 2 aromatic rings. The summed E-state index contributed by atoms with van der Waals surface area (Å²) in [5.41, 5.74) is 2.00. The third-order valence-corrected chi connectivity index (χ3v) is 5.32. The third kappa shape index (κ3) is 3.57. The van der Waals surface area contributed by atoms with Crippen LogP contribution in [-0.2, 0) is 11.2 Å². The van der Waals surface area contributed by atoms with E-state index >= 15 is 0 Å². The second-order valence-corrected chi connectivity index (χ2v) is 6.63. The van der Waals surface area contributed by atoms with Gasteiger partial charge in [-0.2, -0.15) is 0 Å². The Morgan fingerprint density at radius 2 is 2.09 bits per heavy atom. The normalized spacial score (nSPS) is 17.6. The molecule has 5 heteroatoms. The van der Waals surface area contributed by atoms with E-state index in [0.29, 0.717) is 18.2 Å². The number of hydrogen-bond donors (Lipinski definition) is 0. The van der Waals surface area contributed by atoms with Gasteiger partial charge < -0.3 is 9.47 Å². The third-order valence-electron chi connectivity index (χ3n) is 4.33. The molecule has 4 nitrogen and oxygen atoms in total. The van der Waals surface area contributed by atoms with Crippen molar-refractivity contribution in [3.63, 3.8) is 0 Å². The molecule has 1 unspecified atom stereocenters. The first kappa shape index (κ1) is 16.0. The van der Waals surface area contributed by atoms with Gasteiger partial charge in [0.05, 0.1) is 12.7 Å². The van der Waals surface area contributed by atoms with E-state index in [9.17, 15) is 4.79 Å². The van der Waals surface area contributed by atoms with E-state index in [1.807, 2.05) is 23.5 Å². The van der Waals surface area contributed by atoms with E-state index in [4.69, 9.17) is 4.74 Å². The molecule has 1 aromatic carbocycles. The Bertz CT molecular complexity index is 665. The Labute approximate surface area is 140 Å². The van der Waals surface area contributed by atoms with Gasteiger partial charge in [0.25, 0.3) is 0 Å². The van der Waals surface area contributed by atoms with Crippen molar-refractivity contribution in [3.8, 4) is 5.75 Å². The van der Waals surface area contributed by atoms with Crippen molar-refractivity contribution in [1.82, 2.24) is 4.90 Å². The van der Waals surface area contributed by atoms with Crippen LogP contribution in [0.3, 0.4) is 0 Å². The molecule has 0 aliphatic carbocycles. The van der Waals surface area contributed by atoms with Gasteiger partial charge in [0, 0.05) is 24.0 Å².